The summed E-state index contributed by atoms with van der Waals surface area (Å²) in [5.74, 6) is 0.523. The number of hydrogen-bond donors (Lipinski definition) is 0. The Balaban J connectivity index is 2.09. The molecule has 0 aromatic carbocycles. The molecule has 5 nitrogen and oxygen atoms in total. The van der Waals surface area contributed by atoms with E-state index in [1.165, 1.54) is 31.4 Å². The lowest BCUT2D eigenvalue weighted by atomic mass is 10.0. The monoisotopic (exact) mass is 257 g/mol. The predicted molar refractivity (Wildman–Crippen MR) is 70.0 cm³/mol. The van der Waals surface area contributed by atoms with Crippen LogP contribution in [0.25, 0.3) is 0 Å². The van der Waals surface area contributed by atoms with Gasteiger partial charge in [-0.1, -0.05) is 18.1 Å². The highest BCUT2D eigenvalue weighted by Crippen LogP contribution is 2.35. The molecule has 0 radical (unpaired) electrons. The molecule has 19 heavy (non-hydrogen) atoms. The minimum atomic E-state index is 0.351. The first-order chi connectivity index (χ1) is 9.36. The van der Waals surface area contributed by atoms with Crippen LogP contribution in [0.3, 0.4) is 0 Å². The number of nitrogens with zero attached hydrogens (tertiary/aromatic N) is 5. The maximum Gasteiger partial charge on any atom is 0.100 e. The minimum Gasteiger partial charge on any atom is -0.249 e. The molecule has 0 saturated heterocycles. The fourth-order valence-electron chi connectivity index (χ4n) is 2.83. The normalized spacial score (nSPS) is 15.3. The molecule has 2 rings (SSSR count). The van der Waals surface area contributed by atoms with Crippen molar-refractivity contribution in [3.8, 4) is 12.1 Å². The summed E-state index contributed by atoms with van der Waals surface area (Å²) >= 11 is 0. The van der Waals surface area contributed by atoms with Crippen molar-refractivity contribution in [1.29, 1.82) is 10.5 Å². The second kappa shape index (κ2) is 6.89. The molecule has 0 amide bonds. The third kappa shape index (κ3) is 3.32. The van der Waals surface area contributed by atoms with Gasteiger partial charge in [0.15, 0.2) is 0 Å². The van der Waals surface area contributed by atoms with Crippen LogP contribution < -0.4 is 0 Å². The average molecular weight is 257 g/mol. The molecule has 0 aliphatic heterocycles. The predicted octanol–water partition coefficient (Wildman–Crippen LogP) is 2.70. The van der Waals surface area contributed by atoms with Crippen LogP contribution in [0.4, 0.5) is 0 Å². The van der Waals surface area contributed by atoms with E-state index in [9.17, 15) is 0 Å². The zero-order chi connectivity index (χ0) is 13.5. The highest BCUT2D eigenvalue weighted by atomic mass is 15.4. The van der Waals surface area contributed by atoms with E-state index in [0.29, 0.717) is 18.8 Å². The van der Waals surface area contributed by atoms with Gasteiger partial charge < -0.3 is 0 Å². The Hall–Kier alpha value is -1.88. The summed E-state index contributed by atoms with van der Waals surface area (Å²) in [5, 5.41) is 25.8. The van der Waals surface area contributed by atoms with Crippen molar-refractivity contribution >= 4 is 0 Å². The van der Waals surface area contributed by atoms with Crippen molar-refractivity contribution in [2.45, 2.75) is 63.8 Å². The topological polar surface area (TPSA) is 78.3 Å². The van der Waals surface area contributed by atoms with E-state index in [-0.39, 0.29) is 0 Å². The Morgan fingerprint density at radius 2 is 1.95 bits per heavy atom. The first-order valence-electron chi connectivity index (χ1n) is 7.03. The standard InChI is InChI=1S/C14H19N5/c15-9-4-1-5-11-19-14(12-6-2-3-7-12)13(8-10-16)17-18-19/h12H,1-8,11H2. The summed E-state index contributed by atoms with van der Waals surface area (Å²) < 4.78 is 1.97. The quantitative estimate of drug-likeness (QED) is 0.734. The lowest BCUT2D eigenvalue weighted by Crippen LogP contribution is -2.09. The van der Waals surface area contributed by atoms with E-state index in [2.05, 4.69) is 22.5 Å². The van der Waals surface area contributed by atoms with Gasteiger partial charge in [-0.25, -0.2) is 4.68 Å². The van der Waals surface area contributed by atoms with Crippen molar-refractivity contribution in [1.82, 2.24) is 15.0 Å². The third-order valence-corrected chi connectivity index (χ3v) is 3.74. The largest absolute Gasteiger partial charge is 0.249 e. The molecule has 1 fully saturated rings. The van der Waals surface area contributed by atoms with Gasteiger partial charge in [0.25, 0.3) is 0 Å². The molecule has 1 heterocycles. The summed E-state index contributed by atoms with van der Waals surface area (Å²) in [5.41, 5.74) is 2.03. The van der Waals surface area contributed by atoms with Gasteiger partial charge in [0.1, 0.15) is 5.69 Å². The van der Waals surface area contributed by atoms with Crippen LogP contribution >= 0.6 is 0 Å². The van der Waals surface area contributed by atoms with Gasteiger partial charge in [0.2, 0.25) is 0 Å². The van der Waals surface area contributed by atoms with E-state index < -0.39 is 0 Å². The van der Waals surface area contributed by atoms with Gasteiger partial charge in [-0.05, 0) is 25.7 Å². The Bertz CT molecular complexity index is 485. The highest BCUT2D eigenvalue weighted by molar-refractivity contribution is 5.19. The van der Waals surface area contributed by atoms with Gasteiger partial charge in [-0.3, -0.25) is 0 Å². The maximum absolute atomic E-state index is 8.88. The van der Waals surface area contributed by atoms with Gasteiger partial charge in [-0.2, -0.15) is 10.5 Å². The molecule has 1 aliphatic rings. The lowest BCUT2D eigenvalue weighted by molar-refractivity contribution is 0.503. The van der Waals surface area contributed by atoms with Crippen molar-refractivity contribution in [3.05, 3.63) is 11.4 Å². The molecule has 5 heteroatoms. The summed E-state index contributed by atoms with van der Waals surface area (Å²) in [6, 6.07) is 4.34. The Labute approximate surface area is 113 Å². The number of hydrogen-bond acceptors (Lipinski definition) is 4. The molecular weight excluding hydrogens is 238 g/mol. The zero-order valence-corrected chi connectivity index (χ0v) is 11.2. The lowest BCUT2D eigenvalue weighted by Gasteiger charge is -2.12. The fourth-order valence-corrected chi connectivity index (χ4v) is 2.83. The van der Waals surface area contributed by atoms with Crippen LogP contribution in [0.1, 0.15) is 62.3 Å². The Morgan fingerprint density at radius 3 is 2.63 bits per heavy atom. The second-order valence-electron chi connectivity index (χ2n) is 5.08. The van der Waals surface area contributed by atoms with Crippen LogP contribution in [-0.2, 0) is 13.0 Å². The summed E-state index contributed by atoms with van der Waals surface area (Å²) in [6.45, 7) is 0.811. The van der Waals surface area contributed by atoms with Crippen molar-refractivity contribution < 1.29 is 0 Å². The van der Waals surface area contributed by atoms with Gasteiger partial charge in [0.05, 0.1) is 24.3 Å². The molecule has 1 aromatic heterocycles. The van der Waals surface area contributed by atoms with E-state index in [0.717, 1.165) is 25.1 Å². The molecule has 0 bridgehead atoms. The second-order valence-corrected chi connectivity index (χ2v) is 5.08. The molecule has 0 N–H and O–H groups in total. The molecule has 0 atom stereocenters. The summed E-state index contributed by atoms with van der Waals surface area (Å²) in [4.78, 5) is 0. The maximum atomic E-state index is 8.88. The smallest absolute Gasteiger partial charge is 0.100 e. The SMILES string of the molecule is N#CCCCCn1nnc(CC#N)c1C1CCCC1. The van der Waals surface area contributed by atoms with Gasteiger partial charge in [0, 0.05) is 18.9 Å². The number of aryl methyl sites for hydroxylation is 1. The van der Waals surface area contributed by atoms with Gasteiger partial charge in [-0.15, -0.1) is 5.10 Å². The Kier molecular flexibility index (Phi) is 4.92. The van der Waals surface area contributed by atoms with Crippen LogP contribution in [0.15, 0.2) is 0 Å². The zero-order valence-electron chi connectivity index (χ0n) is 11.2. The van der Waals surface area contributed by atoms with E-state index in [4.69, 9.17) is 10.5 Å². The summed E-state index contributed by atoms with van der Waals surface area (Å²) in [6.07, 6.45) is 7.68. The first-order valence-corrected chi connectivity index (χ1v) is 7.03. The summed E-state index contributed by atoms with van der Waals surface area (Å²) in [7, 11) is 0. The first kappa shape index (κ1) is 13.5. The number of nitriles is 2. The molecule has 100 valence electrons. The van der Waals surface area contributed by atoms with E-state index >= 15 is 0 Å². The number of aromatic nitrogens is 3. The molecule has 1 saturated carbocycles. The molecular formula is C14H19N5. The third-order valence-electron chi connectivity index (χ3n) is 3.74. The van der Waals surface area contributed by atoms with Crippen LogP contribution in [0.5, 0.6) is 0 Å². The minimum absolute atomic E-state index is 0.351. The van der Waals surface area contributed by atoms with E-state index in [1.54, 1.807) is 0 Å². The van der Waals surface area contributed by atoms with Crippen molar-refractivity contribution in [2.75, 3.05) is 0 Å². The highest BCUT2D eigenvalue weighted by Gasteiger charge is 2.25. The molecule has 1 aliphatic carbocycles. The Morgan fingerprint density at radius 1 is 1.16 bits per heavy atom. The van der Waals surface area contributed by atoms with Crippen LogP contribution in [0, 0.1) is 22.7 Å². The van der Waals surface area contributed by atoms with Crippen LogP contribution in [0.2, 0.25) is 0 Å². The molecule has 1 aromatic rings. The number of rotatable bonds is 6. The molecule has 0 spiro atoms. The van der Waals surface area contributed by atoms with Crippen LogP contribution in [-0.4, -0.2) is 15.0 Å². The fraction of sp³-hybridized carbons (Fsp3) is 0.714. The van der Waals surface area contributed by atoms with E-state index in [1.807, 2.05) is 4.68 Å². The average Bonchev–Trinajstić information content (AvgIpc) is 3.04. The number of unbranched alkanes of at least 4 members (excludes halogenated alkanes) is 2. The molecule has 0 unspecified atom stereocenters. The van der Waals surface area contributed by atoms with Crippen molar-refractivity contribution in [3.63, 3.8) is 0 Å². The van der Waals surface area contributed by atoms with Crippen molar-refractivity contribution in [2.24, 2.45) is 0 Å². The van der Waals surface area contributed by atoms with Gasteiger partial charge >= 0.3 is 0 Å².